The van der Waals surface area contributed by atoms with E-state index in [1.54, 1.807) is 30.2 Å². The summed E-state index contributed by atoms with van der Waals surface area (Å²) >= 11 is 1.42. The summed E-state index contributed by atoms with van der Waals surface area (Å²) in [5.41, 5.74) is 1.56. The fourth-order valence-corrected chi connectivity index (χ4v) is 4.64. The van der Waals surface area contributed by atoms with Gasteiger partial charge < -0.3 is 14.1 Å². The summed E-state index contributed by atoms with van der Waals surface area (Å²) in [6.45, 7) is 3.22. The molecule has 0 radical (unpaired) electrons. The van der Waals surface area contributed by atoms with Gasteiger partial charge in [-0.3, -0.25) is 9.69 Å². The minimum atomic E-state index is -0.652. The van der Waals surface area contributed by atoms with Crippen molar-refractivity contribution in [3.05, 3.63) is 64.0 Å². The van der Waals surface area contributed by atoms with E-state index >= 15 is 0 Å². The van der Waals surface area contributed by atoms with Gasteiger partial charge in [-0.2, -0.15) is 0 Å². The zero-order chi connectivity index (χ0) is 22.8. The molecule has 0 aliphatic rings. The normalized spacial score (nSPS) is 11.1. The van der Waals surface area contributed by atoms with Crippen molar-refractivity contribution in [3.8, 4) is 5.75 Å². The summed E-state index contributed by atoms with van der Waals surface area (Å²) in [5.74, 6) is 0.234. The van der Waals surface area contributed by atoms with Gasteiger partial charge in [-0.25, -0.2) is 9.78 Å². The average Bonchev–Trinajstić information content (AvgIpc) is 3.22. The van der Waals surface area contributed by atoms with E-state index in [0.29, 0.717) is 33.9 Å². The monoisotopic (exact) mass is 487 g/mol. The van der Waals surface area contributed by atoms with Crippen molar-refractivity contribution >= 4 is 56.0 Å². The summed E-state index contributed by atoms with van der Waals surface area (Å²) in [5, 5.41) is 1.23. The number of rotatable bonds is 7. The number of hydrogen-bond acceptors (Lipinski definition) is 7. The van der Waals surface area contributed by atoms with Gasteiger partial charge in [0.15, 0.2) is 5.13 Å². The molecule has 174 valence electrons. The first-order chi connectivity index (χ1) is 15.4. The minimum absolute atomic E-state index is 0. The number of carbonyl (C=O) groups is 1. The number of ether oxygens (including phenoxy) is 1. The molecule has 4 aromatic rings. The highest BCUT2D eigenvalue weighted by molar-refractivity contribution is 7.22. The van der Waals surface area contributed by atoms with Crippen molar-refractivity contribution in [1.82, 2.24) is 9.88 Å². The molecule has 0 spiro atoms. The smallest absolute Gasteiger partial charge is 0.349 e. The molecule has 9 heteroatoms. The first-order valence-corrected chi connectivity index (χ1v) is 11.1. The highest BCUT2D eigenvalue weighted by Crippen LogP contribution is 2.36. The lowest BCUT2D eigenvalue weighted by molar-refractivity contribution is 0.0982. The summed E-state index contributed by atoms with van der Waals surface area (Å²) < 4.78 is 11.8. The number of nitrogens with zero attached hydrogens (tertiary/aromatic N) is 3. The first-order valence-electron chi connectivity index (χ1n) is 10.3. The number of thiazole rings is 1. The Morgan fingerprint density at radius 3 is 2.64 bits per heavy atom. The molecule has 2 heterocycles. The summed E-state index contributed by atoms with van der Waals surface area (Å²) in [6, 6.07) is 12.6. The van der Waals surface area contributed by atoms with E-state index < -0.39 is 11.5 Å². The van der Waals surface area contributed by atoms with Crippen LogP contribution in [0.15, 0.2) is 51.7 Å². The summed E-state index contributed by atoms with van der Waals surface area (Å²) in [7, 11) is 5.56. The van der Waals surface area contributed by atoms with Crippen molar-refractivity contribution < 1.29 is 13.9 Å². The zero-order valence-electron chi connectivity index (χ0n) is 19.0. The first kappa shape index (κ1) is 24.7. The molecular weight excluding hydrogens is 462 g/mol. The van der Waals surface area contributed by atoms with Crippen molar-refractivity contribution in [1.29, 1.82) is 0 Å². The molecule has 7 nitrogen and oxygen atoms in total. The van der Waals surface area contributed by atoms with Crippen LogP contribution in [-0.2, 0) is 0 Å². The SMILES string of the molecule is COc1ccc(C)c2sc(N(CCCN(C)C)C(=O)c3cc4ccccc4oc3=O)nc12.Cl. The van der Waals surface area contributed by atoms with Crippen LogP contribution in [0.5, 0.6) is 5.75 Å². The zero-order valence-corrected chi connectivity index (χ0v) is 20.6. The molecule has 0 bridgehead atoms. The Morgan fingerprint density at radius 2 is 1.91 bits per heavy atom. The van der Waals surface area contributed by atoms with Crippen molar-refractivity contribution in [2.75, 3.05) is 39.2 Å². The molecule has 0 N–H and O–H groups in total. The molecule has 33 heavy (non-hydrogen) atoms. The van der Waals surface area contributed by atoms with Crippen LogP contribution in [0.1, 0.15) is 22.3 Å². The van der Waals surface area contributed by atoms with Crippen LogP contribution in [0.2, 0.25) is 0 Å². The van der Waals surface area contributed by atoms with Gasteiger partial charge in [0, 0.05) is 11.9 Å². The average molecular weight is 488 g/mol. The van der Waals surface area contributed by atoms with Gasteiger partial charge in [0.2, 0.25) is 0 Å². The van der Waals surface area contributed by atoms with Gasteiger partial charge in [-0.15, -0.1) is 12.4 Å². The third-order valence-electron chi connectivity index (χ3n) is 5.25. The Balaban J connectivity index is 0.00000306. The van der Waals surface area contributed by atoms with Crippen LogP contribution in [0.25, 0.3) is 21.2 Å². The Kier molecular flexibility index (Phi) is 7.73. The number of fused-ring (bicyclic) bond motifs is 2. The third kappa shape index (κ3) is 5.03. The van der Waals surface area contributed by atoms with E-state index in [0.717, 1.165) is 23.2 Å². The number of aryl methyl sites for hydroxylation is 1. The number of anilines is 1. The molecule has 2 aromatic heterocycles. The quantitative estimate of drug-likeness (QED) is 0.350. The van der Waals surface area contributed by atoms with Crippen molar-refractivity contribution in [2.45, 2.75) is 13.3 Å². The molecule has 0 aliphatic heterocycles. The van der Waals surface area contributed by atoms with Gasteiger partial charge in [-0.1, -0.05) is 35.6 Å². The van der Waals surface area contributed by atoms with E-state index in [9.17, 15) is 9.59 Å². The second kappa shape index (κ2) is 10.3. The summed E-state index contributed by atoms with van der Waals surface area (Å²) in [4.78, 5) is 34.6. The van der Waals surface area contributed by atoms with Crippen LogP contribution in [0, 0.1) is 6.92 Å². The standard InChI is InChI=1S/C24H25N3O4S.ClH/c1-15-10-11-19(30-4)20-21(15)32-24(25-20)27(13-7-12-26(2)3)22(28)17-14-16-8-5-6-9-18(16)31-23(17)29;/h5-6,8-11,14H,7,12-13H2,1-4H3;1H. The number of aromatic nitrogens is 1. The van der Waals surface area contributed by atoms with Crippen LogP contribution in [0.3, 0.4) is 0 Å². The third-order valence-corrected chi connectivity index (χ3v) is 6.46. The Labute approximate surface area is 202 Å². The van der Waals surface area contributed by atoms with E-state index in [2.05, 4.69) is 4.90 Å². The molecule has 0 unspecified atom stereocenters. The fraction of sp³-hybridized carbons (Fsp3) is 0.292. The molecule has 0 fully saturated rings. The highest BCUT2D eigenvalue weighted by atomic mass is 35.5. The molecule has 2 aromatic carbocycles. The maximum Gasteiger partial charge on any atom is 0.349 e. The van der Waals surface area contributed by atoms with Crippen molar-refractivity contribution in [2.24, 2.45) is 0 Å². The van der Waals surface area contributed by atoms with E-state index in [-0.39, 0.29) is 18.0 Å². The fourth-order valence-electron chi connectivity index (χ4n) is 3.56. The molecule has 0 saturated heterocycles. The number of para-hydroxylation sites is 1. The van der Waals surface area contributed by atoms with Gasteiger partial charge in [0.05, 0.1) is 11.8 Å². The molecule has 0 saturated carbocycles. The van der Waals surface area contributed by atoms with Crippen LogP contribution >= 0.6 is 23.7 Å². The predicted molar refractivity (Wildman–Crippen MR) is 135 cm³/mol. The van der Waals surface area contributed by atoms with Crippen LogP contribution in [-0.4, -0.2) is 50.1 Å². The number of methoxy groups -OCH3 is 1. The van der Waals surface area contributed by atoms with Gasteiger partial charge in [0.1, 0.15) is 22.4 Å². The molecule has 1 amide bonds. The number of amides is 1. The molecule has 4 rings (SSSR count). The molecule has 0 aliphatic carbocycles. The molecular formula is C24H26ClN3O4S. The van der Waals surface area contributed by atoms with Crippen LogP contribution < -0.4 is 15.3 Å². The maximum absolute atomic E-state index is 13.6. The number of carbonyl (C=O) groups excluding carboxylic acids is 1. The van der Waals surface area contributed by atoms with Gasteiger partial charge in [-0.05, 0) is 57.7 Å². The topological polar surface area (TPSA) is 75.9 Å². The Morgan fingerprint density at radius 1 is 1.15 bits per heavy atom. The van der Waals surface area contributed by atoms with Gasteiger partial charge in [0.25, 0.3) is 5.91 Å². The van der Waals surface area contributed by atoms with E-state index in [1.807, 2.05) is 45.3 Å². The Bertz CT molecular complexity index is 1350. The summed E-state index contributed by atoms with van der Waals surface area (Å²) in [6.07, 6.45) is 0.726. The maximum atomic E-state index is 13.6. The lowest BCUT2D eigenvalue weighted by Gasteiger charge is -2.20. The highest BCUT2D eigenvalue weighted by Gasteiger charge is 2.25. The van der Waals surface area contributed by atoms with Gasteiger partial charge >= 0.3 is 5.63 Å². The van der Waals surface area contributed by atoms with Crippen LogP contribution in [0.4, 0.5) is 5.13 Å². The second-order valence-corrected chi connectivity index (χ2v) is 8.84. The lowest BCUT2D eigenvalue weighted by atomic mass is 10.1. The number of hydrogen-bond donors (Lipinski definition) is 0. The minimum Gasteiger partial charge on any atom is -0.494 e. The van der Waals surface area contributed by atoms with Crippen molar-refractivity contribution in [3.63, 3.8) is 0 Å². The Hall–Kier alpha value is -2.94. The largest absolute Gasteiger partial charge is 0.494 e. The lowest BCUT2D eigenvalue weighted by Crippen LogP contribution is -2.36. The second-order valence-electron chi connectivity index (χ2n) is 7.86. The molecule has 0 atom stereocenters. The van der Waals surface area contributed by atoms with E-state index in [4.69, 9.17) is 14.1 Å². The van der Waals surface area contributed by atoms with E-state index in [1.165, 1.54) is 11.3 Å². The number of benzene rings is 2. The number of halogens is 1. The predicted octanol–water partition coefficient (Wildman–Crippen LogP) is 4.74.